The Labute approximate surface area is 123 Å². The predicted molar refractivity (Wildman–Crippen MR) is 77.6 cm³/mol. The number of amides is 1. The molecule has 0 aromatic heterocycles. The van der Waals surface area contributed by atoms with Gasteiger partial charge < -0.3 is 10.8 Å². The molecule has 0 bridgehead atoms. The molecule has 0 aliphatic carbocycles. The lowest BCUT2D eigenvalue weighted by molar-refractivity contribution is -0.123. The molecule has 1 saturated heterocycles. The highest BCUT2D eigenvalue weighted by Crippen LogP contribution is 2.20. The van der Waals surface area contributed by atoms with E-state index in [1.165, 1.54) is 6.07 Å². The van der Waals surface area contributed by atoms with Gasteiger partial charge in [-0.3, -0.25) is 9.69 Å². The number of hydrogen-bond acceptors (Lipinski definition) is 3. The van der Waals surface area contributed by atoms with Crippen LogP contribution in [0.3, 0.4) is 0 Å². The monoisotopic (exact) mass is 290 g/mol. The third kappa shape index (κ3) is 4.28. The largest absolute Gasteiger partial charge is 0.384 e. The van der Waals surface area contributed by atoms with Crippen LogP contribution in [0, 0.1) is 23.6 Å². The molecule has 1 aromatic carbocycles. The number of hydrogen-bond donors (Lipinski definition) is 2. The summed E-state index contributed by atoms with van der Waals surface area (Å²) < 4.78 is 14.0. The van der Waals surface area contributed by atoms with Gasteiger partial charge in [0, 0.05) is 24.2 Å². The number of rotatable bonds is 3. The zero-order valence-electron chi connectivity index (χ0n) is 11.8. The van der Waals surface area contributed by atoms with Gasteiger partial charge in [-0.2, -0.15) is 0 Å². The van der Waals surface area contributed by atoms with Crippen LogP contribution in [-0.2, 0) is 11.3 Å². The number of primary amides is 1. The zero-order chi connectivity index (χ0) is 15.2. The maximum absolute atomic E-state index is 14.0. The van der Waals surface area contributed by atoms with Crippen molar-refractivity contribution in [3.05, 3.63) is 35.1 Å². The molecular formula is C16H19FN2O2. The molecule has 21 heavy (non-hydrogen) atoms. The fourth-order valence-corrected chi connectivity index (χ4v) is 2.57. The van der Waals surface area contributed by atoms with Crippen molar-refractivity contribution < 1.29 is 14.3 Å². The number of piperidine rings is 1. The standard InChI is InChI=1S/C16H19FN2O2/c17-15-9-12(3-2-8-20)5-6-13(15)10-19-7-1-4-14(11-19)16(18)21/h5-6,9,14,20H,1,4,7-8,10-11H2,(H2,18,21). The van der Waals surface area contributed by atoms with Gasteiger partial charge in [0.05, 0.1) is 5.92 Å². The number of nitrogens with zero attached hydrogens (tertiary/aromatic N) is 1. The number of benzene rings is 1. The second-order valence-corrected chi connectivity index (χ2v) is 5.24. The van der Waals surface area contributed by atoms with E-state index in [-0.39, 0.29) is 24.2 Å². The average Bonchev–Trinajstić information content (AvgIpc) is 2.48. The van der Waals surface area contributed by atoms with E-state index in [4.69, 9.17) is 10.8 Å². The van der Waals surface area contributed by atoms with Crippen molar-refractivity contribution >= 4 is 5.91 Å². The molecule has 1 fully saturated rings. The van der Waals surface area contributed by atoms with Gasteiger partial charge in [0.1, 0.15) is 12.4 Å². The van der Waals surface area contributed by atoms with Crippen molar-refractivity contribution in [2.45, 2.75) is 19.4 Å². The van der Waals surface area contributed by atoms with E-state index in [0.717, 1.165) is 19.4 Å². The fraction of sp³-hybridized carbons (Fsp3) is 0.438. The van der Waals surface area contributed by atoms with Crippen molar-refractivity contribution in [2.24, 2.45) is 11.7 Å². The number of nitrogens with two attached hydrogens (primary N) is 1. The Morgan fingerprint density at radius 1 is 1.52 bits per heavy atom. The molecule has 2 rings (SSSR count). The van der Waals surface area contributed by atoms with Crippen molar-refractivity contribution in [3.8, 4) is 11.8 Å². The van der Waals surface area contributed by atoms with Crippen molar-refractivity contribution in [1.82, 2.24) is 4.90 Å². The van der Waals surface area contributed by atoms with Gasteiger partial charge in [-0.05, 0) is 31.5 Å². The molecule has 0 spiro atoms. The molecule has 1 aromatic rings. The second kappa shape index (κ2) is 7.21. The predicted octanol–water partition coefficient (Wildman–Crippen LogP) is 0.867. The molecule has 1 atom stereocenters. The number of halogens is 1. The van der Waals surface area contributed by atoms with Crippen LogP contribution in [0.25, 0.3) is 0 Å². The van der Waals surface area contributed by atoms with E-state index in [1.54, 1.807) is 12.1 Å². The molecule has 3 N–H and O–H groups in total. The number of aliphatic hydroxyl groups is 1. The smallest absolute Gasteiger partial charge is 0.221 e. The molecule has 1 aliphatic heterocycles. The number of carbonyl (C=O) groups is 1. The number of carbonyl (C=O) groups excluding carboxylic acids is 1. The maximum atomic E-state index is 14.0. The zero-order valence-corrected chi connectivity index (χ0v) is 11.8. The fourth-order valence-electron chi connectivity index (χ4n) is 2.57. The van der Waals surface area contributed by atoms with Gasteiger partial charge in [0.25, 0.3) is 0 Å². The van der Waals surface area contributed by atoms with Gasteiger partial charge in [-0.25, -0.2) is 4.39 Å². The molecule has 112 valence electrons. The van der Waals surface area contributed by atoms with E-state index in [2.05, 4.69) is 16.7 Å². The number of likely N-dealkylation sites (tertiary alicyclic amines) is 1. The first-order chi connectivity index (χ1) is 10.1. The first-order valence-corrected chi connectivity index (χ1v) is 7.00. The minimum atomic E-state index is -0.319. The lowest BCUT2D eigenvalue weighted by Gasteiger charge is -2.31. The van der Waals surface area contributed by atoms with Crippen LogP contribution in [0.5, 0.6) is 0 Å². The Morgan fingerprint density at radius 2 is 2.33 bits per heavy atom. The molecule has 0 saturated carbocycles. The highest BCUT2D eigenvalue weighted by atomic mass is 19.1. The topological polar surface area (TPSA) is 66.6 Å². The SMILES string of the molecule is NC(=O)C1CCCN(Cc2ccc(C#CCO)cc2F)C1. The van der Waals surface area contributed by atoms with Crippen molar-refractivity contribution in [2.75, 3.05) is 19.7 Å². The molecule has 1 aliphatic rings. The Morgan fingerprint density at radius 3 is 3.00 bits per heavy atom. The summed E-state index contributed by atoms with van der Waals surface area (Å²) in [6, 6.07) is 4.80. The summed E-state index contributed by atoms with van der Waals surface area (Å²) in [6.07, 6.45) is 1.71. The van der Waals surface area contributed by atoms with Gasteiger partial charge >= 0.3 is 0 Å². The molecule has 1 heterocycles. The summed E-state index contributed by atoms with van der Waals surface area (Å²) in [5.74, 6) is 4.42. The molecule has 1 amide bonds. The van der Waals surface area contributed by atoms with E-state index in [1.807, 2.05) is 0 Å². The summed E-state index contributed by atoms with van der Waals surface area (Å²) in [6.45, 7) is 1.64. The second-order valence-electron chi connectivity index (χ2n) is 5.24. The molecule has 1 unspecified atom stereocenters. The Kier molecular flexibility index (Phi) is 5.32. The minimum absolute atomic E-state index is 0.142. The average molecular weight is 290 g/mol. The Balaban J connectivity index is 2.04. The lowest BCUT2D eigenvalue weighted by atomic mass is 9.97. The van der Waals surface area contributed by atoms with E-state index in [9.17, 15) is 9.18 Å². The van der Waals surface area contributed by atoms with Crippen LogP contribution in [-0.4, -0.2) is 35.6 Å². The number of aliphatic hydroxyl groups excluding tert-OH is 1. The van der Waals surface area contributed by atoms with Crippen molar-refractivity contribution in [1.29, 1.82) is 0 Å². The van der Waals surface area contributed by atoms with Crippen LogP contribution in [0.1, 0.15) is 24.0 Å². The molecule has 4 nitrogen and oxygen atoms in total. The van der Waals surface area contributed by atoms with Gasteiger partial charge in [0.2, 0.25) is 5.91 Å². The van der Waals surface area contributed by atoms with Gasteiger partial charge in [-0.15, -0.1) is 0 Å². The first-order valence-electron chi connectivity index (χ1n) is 7.00. The molecular weight excluding hydrogens is 271 g/mol. The summed E-state index contributed by atoms with van der Waals surface area (Å²) in [5.41, 5.74) is 6.46. The molecule has 0 radical (unpaired) electrons. The third-order valence-corrected chi connectivity index (χ3v) is 3.67. The summed E-state index contributed by atoms with van der Waals surface area (Å²) in [4.78, 5) is 13.3. The third-order valence-electron chi connectivity index (χ3n) is 3.67. The highest BCUT2D eigenvalue weighted by Gasteiger charge is 2.24. The van der Waals surface area contributed by atoms with E-state index in [0.29, 0.717) is 24.2 Å². The van der Waals surface area contributed by atoms with Gasteiger partial charge in [-0.1, -0.05) is 17.9 Å². The molecule has 5 heteroatoms. The maximum Gasteiger partial charge on any atom is 0.221 e. The summed E-state index contributed by atoms with van der Waals surface area (Å²) >= 11 is 0. The quantitative estimate of drug-likeness (QED) is 0.812. The lowest BCUT2D eigenvalue weighted by Crippen LogP contribution is -2.40. The normalized spacial score (nSPS) is 18.9. The van der Waals surface area contributed by atoms with Crippen molar-refractivity contribution in [3.63, 3.8) is 0 Å². The summed E-state index contributed by atoms with van der Waals surface area (Å²) in [5, 5.41) is 8.63. The highest BCUT2D eigenvalue weighted by molar-refractivity contribution is 5.76. The minimum Gasteiger partial charge on any atom is -0.384 e. The van der Waals surface area contributed by atoms with E-state index < -0.39 is 0 Å². The summed E-state index contributed by atoms with van der Waals surface area (Å²) in [7, 11) is 0. The Hall–Kier alpha value is -1.90. The van der Waals surface area contributed by atoms with Crippen LogP contribution in [0.4, 0.5) is 4.39 Å². The van der Waals surface area contributed by atoms with Crippen LogP contribution in [0.15, 0.2) is 18.2 Å². The first kappa shape index (κ1) is 15.5. The van der Waals surface area contributed by atoms with Crippen LogP contribution >= 0.6 is 0 Å². The van der Waals surface area contributed by atoms with Gasteiger partial charge in [0.15, 0.2) is 0 Å². The van der Waals surface area contributed by atoms with Crippen LogP contribution < -0.4 is 5.73 Å². The van der Waals surface area contributed by atoms with Crippen LogP contribution in [0.2, 0.25) is 0 Å². The Bertz CT molecular complexity index is 577. The van der Waals surface area contributed by atoms with E-state index >= 15 is 0 Å².